The van der Waals surface area contributed by atoms with E-state index < -0.39 is 0 Å². The van der Waals surface area contributed by atoms with Gasteiger partial charge < -0.3 is 19.7 Å². The molecule has 1 saturated carbocycles. The average molecular weight is 468 g/mol. The van der Waals surface area contributed by atoms with Crippen molar-refractivity contribution in [2.75, 3.05) is 26.1 Å². The van der Waals surface area contributed by atoms with Crippen LogP contribution in [0.25, 0.3) is 11.3 Å². The van der Waals surface area contributed by atoms with Crippen molar-refractivity contribution in [2.45, 2.75) is 25.8 Å². The highest BCUT2D eigenvalue weighted by Gasteiger charge is 2.31. The van der Waals surface area contributed by atoms with Crippen molar-refractivity contribution in [1.82, 2.24) is 19.7 Å². The normalized spacial score (nSPS) is 15.2. The first-order valence-corrected chi connectivity index (χ1v) is 11.6. The lowest BCUT2D eigenvalue weighted by atomic mass is 10.1. The third-order valence-corrected chi connectivity index (χ3v) is 6.98. The third-order valence-electron chi connectivity index (χ3n) is 5.98. The standard InChI is InChI=1S/C23H25N5O4S/c1-27-18(11-17(26-27)15-10-14(31-2)6-7-19(15)32-3)22(30)28-9-8-16-20(12-28)33-23(24-16)25-21(29)13-4-5-13/h6-7,10-11,13H,4-5,8-9,12H2,1-3H3,(H,24,25,29). The molecule has 0 saturated heterocycles. The van der Waals surface area contributed by atoms with Crippen molar-refractivity contribution < 1.29 is 19.1 Å². The van der Waals surface area contributed by atoms with E-state index in [2.05, 4.69) is 15.4 Å². The van der Waals surface area contributed by atoms with Gasteiger partial charge in [0.25, 0.3) is 5.91 Å². The van der Waals surface area contributed by atoms with Crippen LogP contribution in [0.2, 0.25) is 0 Å². The molecule has 33 heavy (non-hydrogen) atoms. The molecule has 5 rings (SSSR count). The first-order valence-electron chi connectivity index (χ1n) is 10.8. The molecule has 1 aliphatic heterocycles. The maximum absolute atomic E-state index is 13.4. The van der Waals surface area contributed by atoms with Gasteiger partial charge in [0.05, 0.1) is 32.2 Å². The molecule has 3 aromatic rings. The van der Waals surface area contributed by atoms with Gasteiger partial charge >= 0.3 is 0 Å². The van der Waals surface area contributed by atoms with E-state index in [0.29, 0.717) is 47.5 Å². The molecule has 0 unspecified atom stereocenters. The van der Waals surface area contributed by atoms with Gasteiger partial charge in [0.1, 0.15) is 17.2 Å². The van der Waals surface area contributed by atoms with E-state index in [1.54, 1.807) is 36.9 Å². The number of carbonyl (C=O) groups excluding carboxylic acids is 2. The fourth-order valence-corrected chi connectivity index (χ4v) is 4.98. The Morgan fingerprint density at radius 1 is 1.18 bits per heavy atom. The molecule has 0 radical (unpaired) electrons. The van der Waals surface area contributed by atoms with E-state index in [1.807, 2.05) is 18.2 Å². The Kier molecular flexibility index (Phi) is 5.53. The van der Waals surface area contributed by atoms with Crippen molar-refractivity contribution in [2.24, 2.45) is 13.0 Å². The van der Waals surface area contributed by atoms with Crippen LogP contribution in [0.5, 0.6) is 11.5 Å². The van der Waals surface area contributed by atoms with E-state index in [4.69, 9.17) is 9.47 Å². The van der Waals surface area contributed by atoms with Crippen LogP contribution in [0, 0.1) is 5.92 Å². The number of ether oxygens (including phenoxy) is 2. The van der Waals surface area contributed by atoms with Crippen LogP contribution in [0.3, 0.4) is 0 Å². The Bertz CT molecular complexity index is 1230. The summed E-state index contributed by atoms with van der Waals surface area (Å²) >= 11 is 1.45. The highest BCUT2D eigenvalue weighted by molar-refractivity contribution is 7.15. The molecule has 1 aromatic carbocycles. The lowest BCUT2D eigenvalue weighted by Crippen LogP contribution is -2.36. The molecule has 10 heteroatoms. The van der Waals surface area contributed by atoms with Gasteiger partial charge in [-0.3, -0.25) is 14.3 Å². The minimum atomic E-state index is -0.0965. The number of hydrogen-bond acceptors (Lipinski definition) is 7. The van der Waals surface area contributed by atoms with Gasteiger partial charge in [0, 0.05) is 36.4 Å². The van der Waals surface area contributed by atoms with Crippen molar-refractivity contribution in [3.8, 4) is 22.8 Å². The largest absolute Gasteiger partial charge is 0.497 e. The van der Waals surface area contributed by atoms with E-state index in [-0.39, 0.29) is 17.7 Å². The predicted octanol–water partition coefficient (Wildman–Crippen LogP) is 3.11. The molecule has 2 amide bonds. The molecule has 0 spiro atoms. The number of methoxy groups -OCH3 is 2. The van der Waals surface area contributed by atoms with Crippen LogP contribution in [0.15, 0.2) is 24.3 Å². The molecule has 172 valence electrons. The van der Waals surface area contributed by atoms with Crippen LogP contribution >= 0.6 is 11.3 Å². The maximum Gasteiger partial charge on any atom is 0.272 e. The minimum absolute atomic E-state index is 0.0458. The van der Waals surface area contributed by atoms with Crippen LogP contribution in [-0.2, 0) is 24.8 Å². The zero-order valence-electron chi connectivity index (χ0n) is 18.8. The Morgan fingerprint density at radius 3 is 2.73 bits per heavy atom. The molecule has 2 aromatic heterocycles. The second kappa shape index (κ2) is 8.51. The molecule has 3 heterocycles. The molecule has 9 nitrogen and oxygen atoms in total. The van der Waals surface area contributed by atoms with E-state index >= 15 is 0 Å². The summed E-state index contributed by atoms with van der Waals surface area (Å²) in [6.07, 6.45) is 2.56. The van der Waals surface area contributed by atoms with Crippen molar-refractivity contribution in [3.63, 3.8) is 0 Å². The maximum atomic E-state index is 13.4. The first kappa shape index (κ1) is 21.4. The van der Waals surface area contributed by atoms with Gasteiger partial charge in [-0.1, -0.05) is 11.3 Å². The molecule has 0 bridgehead atoms. The van der Waals surface area contributed by atoms with Crippen molar-refractivity contribution in [3.05, 3.63) is 40.5 Å². The number of anilines is 1. The number of nitrogens with one attached hydrogen (secondary N) is 1. The third kappa shape index (κ3) is 4.18. The monoisotopic (exact) mass is 467 g/mol. The summed E-state index contributed by atoms with van der Waals surface area (Å²) in [5, 5.41) is 8.10. The summed E-state index contributed by atoms with van der Waals surface area (Å²) in [6.45, 7) is 1.03. The van der Waals surface area contributed by atoms with Crippen LogP contribution < -0.4 is 14.8 Å². The van der Waals surface area contributed by atoms with Gasteiger partial charge in [-0.25, -0.2) is 4.98 Å². The summed E-state index contributed by atoms with van der Waals surface area (Å²) in [7, 11) is 4.96. The lowest BCUT2D eigenvalue weighted by Gasteiger charge is -2.25. The van der Waals surface area contributed by atoms with Crippen molar-refractivity contribution in [1.29, 1.82) is 0 Å². The number of carbonyl (C=O) groups is 2. The lowest BCUT2D eigenvalue weighted by molar-refractivity contribution is -0.117. The van der Waals surface area contributed by atoms with E-state index in [9.17, 15) is 9.59 Å². The highest BCUT2D eigenvalue weighted by Crippen LogP contribution is 2.35. The second-order valence-corrected chi connectivity index (χ2v) is 9.32. The average Bonchev–Trinajstić information content (AvgIpc) is 3.50. The van der Waals surface area contributed by atoms with Crippen LogP contribution in [0.4, 0.5) is 5.13 Å². The fourth-order valence-electron chi connectivity index (χ4n) is 3.95. The second-order valence-electron chi connectivity index (χ2n) is 8.23. The molecule has 1 aliphatic carbocycles. The number of nitrogens with zero attached hydrogens (tertiary/aromatic N) is 4. The summed E-state index contributed by atoms with van der Waals surface area (Å²) < 4.78 is 12.4. The van der Waals surface area contributed by atoms with Gasteiger partial charge in [-0.15, -0.1) is 0 Å². The predicted molar refractivity (Wildman–Crippen MR) is 124 cm³/mol. The van der Waals surface area contributed by atoms with Gasteiger partial charge in [0.15, 0.2) is 5.13 Å². The molecule has 2 aliphatic rings. The molecular formula is C23H25N5O4S. The smallest absolute Gasteiger partial charge is 0.272 e. The van der Waals surface area contributed by atoms with E-state index in [1.165, 1.54) is 11.3 Å². The number of aromatic nitrogens is 3. The summed E-state index contributed by atoms with van der Waals surface area (Å²) in [5.41, 5.74) is 2.84. The number of fused-ring (bicyclic) bond motifs is 1. The topological polar surface area (TPSA) is 98.6 Å². The Labute approximate surface area is 195 Å². The Morgan fingerprint density at radius 2 is 2.00 bits per heavy atom. The van der Waals surface area contributed by atoms with Crippen LogP contribution in [0.1, 0.15) is 33.9 Å². The quantitative estimate of drug-likeness (QED) is 0.598. The first-order chi connectivity index (χ1) is 16.0. The van der Waals surface area contributed by atoms with Gasteiger partial charge in [0.2, 0.25) is 5.91 Å². The highest BCUT2D eigenvalue weighted by atomic mass is 32.1. The number of benzene rings is 1. The van der Waals surface area contributed by atoms with Gasteiger partial charge in [-0.2, -0.15) is 5.10 Å². The van der Waals surface area contributed by atoms with E-state index in [0.717, 1.165) is 29.0 Å². The number of aryl methyl sites for hydroxylation is 1. The number of hydrogen-bond donors (Lipinski definition) is 1. The summed E-state index contributed by atoms with van der Waals surface area (Å²) in [6, 6.07) is 7.26. The van der Waals surface area contributed by atoms with Gasteiger partial charge in [-0.05, 0) is 37.1 Å². The Hall–Kier alpha value is -3.40. The Balaban J connectivity index is 1.35. The molecule has 1 fully saturated rings. The number of rotatable bonds is 6. The summed E-state index contributed by atoms with van der Waals surface area (Å²) in [5.74, 6) is 1.42. The van der Waals surface area contributed by atoms with Crippen LogP contribution in [-0.4, -0.2) is 52.2 Å². The number of amides is 2. The molecular weight excluding hydrogens is 442 g/mol. The minimum Gasteiger partial charge on any atom is -0.497 e. The fraction of sp³-hybridized carbons (Fsp3) is 0.391. The molecule has 0 atom stereocenters. The summed E-state index contributed by atoms with van der Waals surface area (Å²) in [4.78, 5) is 32.8. The SMILES string of the molecule is COc1ccc(OC)c(-c2cc(C(=O)N3CCc4nc(NC(=O)C5CC5)sc4C3)n(C)n2)c1. The zero-order chi connectivity index (χ0) is 23.1. The van der Waals surface area contributed by atoms with Crippen molar-refractivity contribution >= 4 is 28.3 Å². The zero-order valence-corrected chi connectivity index (χ0v) is 19.6. The number of thiazole rings is 1. The molecule has 1 N–H and O–H groups in total.